The highest BCUT2D eigenvalue weighted by molar-refractivity contribution is 5.94. The first-order chi connectivity index (χ1) is 12.7. The molecule has 3 rings (SSSR count). The zero-order valence-corrected chi connectivity index (χ0v) is 14.6. The van der Waals surface area contributed by atoms with Gasteiger partial charge in [-0.2, -0.15) is 0 Å². The standard InChI is InChI=1S/C22H20O4/c1-2-25-22(24)21-18(17-11-7-4-8-12-17)15-20(23)26-19(21)14-13-16-9-5-3-6-10-16/h3-14,18H,2,15H2,1H3/b14-13+/t18-/m0/s1. The van der Waals surface area contributed by atoms with Crippen molar-refractivity contribution in [3.63, 3.8) is 0 Å². The van der Waals surface area contributed by atoms with E-state index in [0.29, 0.717) is 5.57 Å². The maximum absolute atomic E-state index is 12.6. The fourth-order valence-electron chi connectivity index (χ4n) is 2.94. The van der Waals surface area contributed by atoms with Crippen LogP contribution in [0, 0.1) is 0 Å². The topological polar surface area (TPSA) is 52.6 Å². The van der Waals surface area contributed by atoms with E-state index in [1.54, 1.807) is 13.0 Å². The van der Waals surface area contributed by atoms with Crippen LogP contribution in [0.15, 0.2) is 78.1 Å². The zero-order chi connectivity index (χ0) is 18.4. The van der Waals surface area contributed by atoms with Gasteiger partial charge in [-0.15, -0.1) is 0 Å². The highest BCUT2D eigenvalue weighted by Crippen LogP contribution is 2.36. The Morgan fingerprint density at radius 3 is 2.38 bits per heavy atom. The molecule has 0 N–H and O–H groups in total. The minimum Gasteiger partial charge on any atom is -0.463 e. The highest BCUT2D eigenvalue weighted by Gasteiger charge is 2.35. The zero-order valence-electron chi connectivity index (χ0n) is 14.6. The summed E-state index contributed by atoms with van der Waals surface area (Å²) < 4.78 is 10.6. The van der Waals surface area contributed by atoms with Crippen LogP contribution < -0.4 is 0 Å². The summed E-state index contributed by atoms with van der Waals surface area (Å²) in [7, 11) is 0. The van der Waals surface area contributed by atoms with Crippen LogP contribution in [0.1, 0.15) is 30.4 Å². The molecule has 0 bridgehead atoms. The predicted octanol–water partition coefficient (Wildman–Crippen LogP) is 4.25. The molecule has 1 heterocycles. The molecule has 0 saturated heterocycles. The number of hydrogen-bond donors (Lipinski definition) is 0. The SMILES string of the molecule is CCOC(=O)C1=C(/C=C/c2ccccc2)OC(=O)C[C@H]1c1ccccc1. The third kappa shape index (κ3) is 4.09. The van der Waals surface area contributed by atoms with Gasteiger partial charge in [0.25, 0.3) is 0 Å². The monoisotopic (exact) mass is 348 g/mol. The van der Waals surface area contributed by atoms with Gasteiger partial charge in [0.2, 0.25) is 0 Å². The average Bonchev–Trinajstić information content (AvgIpc) is 2.67. The quantitative estimate of drug-likeness (QED) is 0.758. The summed E-state index contributed by atoms with van der Waals surface area (Å²) in [6.45, 7) is 2.01. The molecule has 0 aromatic heterocycles. The molecule has 0 spiro atoms. The molecule has 0 aliphatic carbocycles. The number of esters is 2. The summed E-state index contributed by atoms with van der Waals surface area (Å²) in [5.41, 5.74) is 2.21. The van der Waals surface area contributed by atoms with E-state index < -0.39 is 5.97 Å². The molecule has 0 amide bonds. The van der Waals surface area contributed by atoms with Crippen LogP contribution in [0.4, 0.5) is 0 Å². The molecular formula is C22H20O4. The van der Waals surface area contributed by atoms with Gasteiger partial charge in [-0.3, -0.25) is 4.79 Å². The third-order valence-corrected chi connectivity index (χ3v) is 4.13. The molecule has 4 nitrogen and oxygen atoms in total. The van der Waals surface area contributed by atoms with Crippen LogP contribution in [-0.2, 0) is 19.1 Å². The van der Waals surface area contributed by atoms with Crippen molar-refractivity contribution < 1.29 is 19.1 Å². The molecule has 1 aliphatic rings. The Morgan fingerprint density at radius 2 is 1.73 bits per heavy atom. The van der Waals surface area contributed by atoms with Gasteiger partial charge < -0.3 is 9.47 Å². The second-order valence-electron chi connectivity index (χ2n) is 5.88. The largest absolute Gasteiger partial charge is 0.463 e. The molecule has 1 aliphatic heterocycles. The van der Waals surface area contributed by atoms with Gasteiger partial charge in [0, 0.05) is 5.92 Å². The summed E-state index contributed by atoms with van der Waals surface area (Å²) in [6, 6.07) is 19.1. The fourth-order valence-corrected chi connectivity index (χ4v) is 2.94. The van der Waals surface area contributed by atoms with Gasteiger partial charge in [0.1, 0.15) is 5.76 Å². The predicted molar refractivity (Wildman–Crippen MR) is 99.0 cm³/mol. The Labute approximate surface area is 152 Å². The Hall–Kier alpha value is -3.14. The first-order valence-electron chi connectivity index (χ1n) is 8.59. The van der Waals surface area contributed by atoms with Gasteiger partial charge in [-0.25, -0.2) is 4.79 Å². The highest BCUT2D eigenvalue weighted by atomic mass is 16.5. The van der Waals surface area contributed by atoms with Crippen molar-refractivity contribution in [1.82, 2.24) is 0 Å². The van der Waals surface area contributed by atoms with Gasteiger partial charge >= 0.3 is 11.9 Å². The third-order valence-electron chi connectivity index (χ3n) is 4.13. The van der Waals surface area contributed by atoms with E-state index in [-0.39, 0.29) is 30.7 Å². The number of hydrogen-bond acceptors (Lipinski definition) is 4. The molecule has 0 unspecified atom stereocenters. The molecule has 2 aromatic carbocycles. The van der Waals surface area contributed by atoms with E-state index >= 15 is 0 Å². The molecule has 2 aromatic rings. The van der Waals surface area contributed by atoms with E-state index in [1.807, 2.05) is 66.7 Å². The number of allylic oxidation sites excluding steroid dienone is 1. The number of ether oxygens (including phenoxy) is 2. The van der Waals surface area contributed by atoms with Gasteiger partial charge in [0.15, 0.2) is 0 Å². The fraction of sp³-hybridized carbons (Fsp3) is 0.182. The van der Waals surface area contributed by atoms with Crippen LogP contribution in [-0.4, -0.2) is 18.5 Å². The molecular weight excluding hydrogens is 328 g/mol. The minimum atomic E-state index is -0.457. The molecule has 0 radical (unpaired) electrons. The Bertz CT molecular complexity index is 835. The van der Waals surface area contributed by atoms with Crippen LogP contribution in [0.25, 0.3) is 6.08 Å². The van der Waals surface area contributed by atoms with Crippen molar-refractivity contribution in [3.05, 3.63) is 89.2 Å². The lowest BCUT2D eigenvalue weighted by molar-refractivity contribution is -0.143. The van der Waals surface area contributed by atoms with Crippen LogP contribution in [0.2, 0.25) is 0 Å². The van der Waals surface area contributed by atoms with Crippen molar-refractivity contribution in [3.8, 4) is 0 Å². The van der Waals surface area contributed by atoms with Crippen LogP contribution in [0.5, 0.6) is 0 Å². The summed E-state index contributed by atoms with van der Waals surface area (Å²) in [5.74, 6) is -0.953. The van der Waals surface area contributed by atoms with Gasteiger partial charge in [0.05, 0.1) is 18.6 Å². The van der Waals surface area contributed by atoms with Crippen LogP contribution >= 0.6 is 0 Å². The molecule has 26 heavy (non-hydrogen) atoms. The van der Waals surface area contributed by atoms with E-state index in [9.17, 15) is 9.59 Å². The summed E-state index contributed by atoms with van der Waals surface area (Å²) in [5, 5.41) is 0. The normalized spacial score (nSPS) is 17.3. The van der Waals surface area contributed by atoms with E-state index in [4.69, 9.17) is 9.47 Å². The second kappa shape index (κ2) is 8.30. The summed E-state index contributed by atoms with van der Waals surface area (Å²) >= 11 is 0. The summed E-state index contributed by atoms with van der Waals surface area (Å²) in [6.07, 6.45) is 3.59. The maximum Gasteiger partial charge on any atom is 0.338 e. The lowest BCUT2D eigenvalue weighted by Crippen LogP contribution is -2.25. The van der Waals surface area contributed by atoms with E-state index in [0.717, 1.165) is 11.1 Å². The van der Waals surface area contributed by atoms with E-state index in [1.165, 1.54) is 0 Å². The Kier molecular flexibility index (Phi) is 5.64. The number of rotatable bonds is 5. The molecule has 4 heteroatoms. The molecule has 1 atom stereocenters. The first kappa shape index (κ1) is 17.7. The van der Waals surface area contributed by atoms with Crippen LogP contribution in [0.3, 0.4) is 0 Å². The van der Waals surface area contributed by atoms with Gasteiger partial charge in [-0.05, 0) is 24.1 Å². The second-order valence-corrected chi connectivity index (χ2v) is 5.88. The Balaban J connectivity index is 2.05. The van der Waals surface area contributed by atoms with E-state index in [2.05, 4.69) is 0 Å². The summed E-state index contributed by atoms with van der Waals surface area (Å²) in [4.78, 5) is 24.8. The lowest BCUT2D eigenvalue weighted by atomic mass is 9.85. The van der Waals surface area contributed by atoms with Crippen molar-refractivity contribution in [2.24, 2.45) is 0 Å². The Morgan fingerprint density at radius 1 is 1.08 bits per heavy atom. The van der Waals surface area contributed by atoms with Crippen molar-refractivity contribution >= 4 is 18.0 Å². The lowest BCUT2D eigenvalue weighted by Gasteiger charge is -2.25. The smallest absolute Gasteiger partial charge is 0.338 e. The van der Waals surface area contributed by atoms with Crippen molar-refractivity contribution in [2.45, 2.75) is 19.3 Å². The molecule has 132 valence electrons. The molecule has 0 saturated carbocycles. The number of carbonyl (C=O) groups is 2. The first-order valence-corrected chi connectivity index (χ1v) is 8.59. The van der Waals surface area contributed by atoms with Crippen molar-refractivity contribution in [1.29, 1.82) is 0 Å². The van der Waals surface area contributed by atoms with Gasteiger partial charge in [-0.1, -0.05) is 66.7 Å². The maximum atomic E-state index is 12.6. The number of carbonyl (C=O) groups excluding carboxylic acids is 2. The number of cyclic esters (lactones) is 1. The molecule has 0 fully saturated rings. The minimum absolute atomic E-state index is 0.112. The van der Waals surface area contributed by atoms with Crippen molar-refractivity contribution in [2.75, 3.05) is 6.61 Å². The average molecular weight is 348 g/mol. The number of benzene rings is 2.